The molecule has 232 valence electrons. The van der Waals surface area contributed by atoms with Crippen molar-refractivity contribution in [2.75, 3.05) is 0 Å². The third-order valence-electron chi connectivity index (χ3n) is 10.5. The predicted molar refractivity (Wildman–Crippen MR) is 210 cm³/mol. The Morgan fingerprint density at radius 3 is 1.52 bits per heavy atom. The van der Waals surface area contributed by atoms with E-state index in [1.165, 1.54) is 81.9 Å². The molecule has 2 heteroatoms. The Bertz CT molecular complexity index is 2900. The molecule has 0 radical (unpaired) electrons. The summed E-state index contributed by atoms with van der Waals surface area (Å²) in [6.07, 6.45) is 0. The lowest BCUT2D eigenvalue weighted by Gasteiger charge is -2.22. The zero-order valence-corrected chi connectivity index (χ0v) is 27.1. The minimum atomic E-state index is 0.897. The van der Waals surface area contributed by atoms with Crippen molar-refractivity contribution in [2.45, 2.75) is 0 Å². The monoisotopic (exact) mass is 635 g/mol. The van der Waals surface area contributed by atoms with Crippen molar-refractivity contribution in [3.05, 3.63) is 176 Å². The first kappa shape index (κ1) is 27.3. The summed E-state index contributed by atoms with van der Waals surface area (Å²) in [5, 5.41) is 9.92. The Labute approximate surface area is 289 Å². The van der Waals surface area contributed by atoms with Crippen LogP contribution >= 0.6 is 0 Å². The number of aromatic nitrogens is 1. The molecule has 0 aliphatic carbocycles. The van der Waals surface area contributed by atoms with Crippen molar-refractivity contribution in [1.82, 2.24) is 4.57 Å². The summed E-state index contributed by atoms with van der Waals surface area (Å²) >= 11 is 0. The number of nitrogens with zero attached hydrogens (tertiary/aromatic N) is 1. The topological polar surface area (TPSA) is 14.2 Å². The molecule has 0 spiro atoms. The zero-order chi connectivity index (χ0) is 32.8. The van der Waals surface area contributed by atoms with Crippen molar-refractivity contribution >= 4 is 54.1 Å². The van der Waals surface area contributed by atoms with Crippen LogP contribution in [0.3, 0.4) is 0 Å². The molecular weight excluding hydrogens is 607 g/mol. The third kappa shape index (κ3) is 4.03. The molecule has 9 aromatic carbocycles. The maximum absolute atomic E-state index is 6.41. The average Bonchev–Trinajstić information content (AvgIpc) is 3.48. The normalized spacial score (nSPS) is 12.2. The van der Waals surface area contributed by atoms with Crippen LogP contribution in [0, 0.1) is 0 Å². The zero-order valence-electron chi connectivity index (χ0n) is 27.1. The van der Waals surface area contributed by atoms with Crippen LogP contribution in [0.5, 0.6) is 11.5 Å². The Morgan fingerprint density at radius 1 is 0.340 bits per heavy atom. The molecule has 2 nitrogen and oxygen atoms in total. The summed E-state index contributed by atoms with van der Waals surface area (Å²) < 4.78 is 8.84. The summed E-state index contributed by atoms with van der Waals surface area (Å²) in [6.45, 7) is 0. The molecule has 0 atom stereocenters. The van der Waals surface area contributed by atoms with Gasteiger partial charge in [0.15, 0.2) is 0 Å². The summed E-state index contributed by atoms with van der Waals surface area (Å²) in [7, 11) is 0. The first-order valence-corrected chi connectivity index (χ1v) is 17.2. The second kappa shape index (κ2) is 10.4. The molecule has 0 saturated carbocycles. The Kier molecular flexibility index (Phi) is 5.70. The summed E-state index contributed by atoms with van der Waals surface area (Å²) in [5.41, 5.74) is 10.7. The second-order valence-corrected chi connectivity index (χ2v) is 13.3. The minimum absolute atomic E-state index is 0.897. The standard InChI is InChI=1S/C48H29NO/c1-3-11-34-28-44-41(25-32(34)9-1)42-26-33-10-2-4-12-35(33)29-45(42)49(44)37-22-19-30(20-23-37)38-15-5-6-16-39(38)36-21-24-46-43(27-36)40-17-7-13-31-14-8-18-47(50-46)48(31)40/h1-29H. The number of hydrogen-bond acceptors (Lipinski definition) is 1. The van der Waals surface area contributed by atoms with Gasteiger partial charge in [0.1, 0.15) is 11.5 Å². The van der Waals surface area contributed by atoms with Gasteiger partial charge >= 0.3 is 0 Å². The Morgan fingerprint density at radius 2 is 0.860 bits per heavy atom. The first-order valence-electron chi connectivity index (χ1n) is 17.2. The Balaban J connectivity index is 1.06. The fourth-order valence-corrected chi connectivity index (χ4v) is 8.17. The van der Waals surface area contributed by atoms with E-state index in [9.17, 15) is 0 Å². The molecule has 0 N–H and O–H groups in total. The first-order chi connectivity index (χ1) is 24.8. The van der Waals surface area contributed by atoms with Crippen LogP contribution in [0.15, 0.2) is 176 Å². The fraction of sp³-hybridized carbons (Fsp3) is 0. The van der Waals surface area contributed by atoms with Crippen LogP contribution in [0.1, 0.15) is 0 Å². The van der Waals surface area contributed by atoms with Crippen LogP contribution in [-0.2, 0) is 0 Å². The number of benzene rings is 9. The smallest absolute Gasteiger partial charge is 0.135 e. The maximum atomic E-state index is 6.41. The van der Waals surface area contributed by atoms with Crippen LogP contribution in [0.25, 0.3) is 93.2 Å². The van der Waals surface area contributed by atoms with Crippen molar-refractivity contribution in [3.8, 4) is 50.6 Å². The molecule has 2 heterocycles. The van der Waals surface area contributed by atoms with E-state index in [-0.39, 0.29) is 0 Å². The molecule has 0 saturated heterocycles. The van der Waals surface area contributed by atoms with Crippen molar-refractivity contribution in [2.24, 2.45) is 0 Å². The van der Waals surface area contributed by atoms with Crippen LogP contribution in [0.2, 0.25) is 0 Å². The number of hydrogen-bond donors (Lipinski definition) is 0. The molecule has 11 rings (SSSR count). The third-order valence-corrected chi connectivity index (χ3v) is 10.5. The van der Waals surface area contributed by atoms with Crippen LogP contribution < -0.4 is 4.74 Å². The van der Waals surface area contributed by atoms with E-state index in [1.807, 2.05) is 0 Å². The van der Waals surface area contributed by atoms with Gasteiger partial charge in [0.25, 0.3) is 0 Å². The van der Waals surface area contributed by atoms with Gasteiger partial charge < -0.3 is 9.30 Å². The van der Waals surface area contributed by atoms with Crippen molar-refractivity contribution in [3.63, 3.8) is 0 Å². The van der Waals surface area contributed by atoms with Crippen molar-refractivity contribution in [1.29, 1.82) is 0 Å². The largest absolute Gasteiger partial charge is 0.456 e. The lowest BCUT2D eigenvalue weighted by atomic mass is 9.90. The van der Waals surface area contributed by atoms with E-state index in [1.54, 1.807) is 0 Å². The fourth-order valence-electron chi connectivity index (χ4n) is 8.17. The molecule has 50 heavy (non-hydrogen) atoms. The number of fused-ring (bicyclic) bond motifs is 7. The highest BCUT2D eigenvalue weighted by molar-refractivity contribution is 6.16. The van der Waals surface area contributed by atoms with E-state index in [0.29, 0.717) is 0 Å². The van der Waals surface area contributed by atoms with Gasteiger partial charge in [0.05, 0.1) is 11.0 Å². The van der Waals surface area contributed by atoms with Gasteiger partial charge in [-0.1, -0.05) is 121 Å². The lowest BCUT2D eigenvalue weighted by molar-refractivity contribution is 0.487. The van der Waals surface area contributed by atoms with Gasteiger partial charge in [-0.2, -0.15) is 0 Å². The summed E-state index contributed by atoms with van der Waals surface area (Å²) in [5.74, 6) is 1.82. The average molecular weight is 636 g/mol. The van der Waals surface area contributed by atoms with Crippen molar-refractivity contribution < 1.29 is 4.74 Å². The SMILES string of the molecule is c1ccc(-c2ccc3c(c2)-c2cccc4cccc(c24)O3)c(-c2ccc(-n3c4cc5ccccc5cc4c4cc5ccccc5cc43)cc2)c1. The predicted octanol–water partition coefficient (Wildman–Crippen LogP) is 13.3. The number of ether oxygens (including phenoxy) is 1. The molecule has 0 bridgehead atoms. The number of rotatable bonds is 3. The molecule has 10 aromatic rings. The highest BCUT2D eigenvalue weighted by Gasteiger charge is 2.21. The van der Waals surface area contributed by atoms with E-state index in [4.69, 9.17) is 4.74 Å². The van der Waals surface area contributed by atoms with E-state index in [2.05, 4.69) is 180 Å². The molecule has 1 aliphatic heterocycles. The lowest BCUT2D eigenvalue weighted by Crippen LogP contribution is -1.97. The summed E-state index contributed by atoms with van der Waals surface area (Å²) in [6, 6.07) is 63.9. The quantitative estimate of drug-likeness (QED) is 0.188. The van der Waals surface area contributed by atoms with Gasteiger partial charge in [0, 0.05) is 27.4 Å². The van der Waals surface area contributed by atoms with Gasteiger partial charge in [-0.3, -0.25) is 0 Å². The van der Waals surface area contributed by atoms with E-state index >= 15 is 0 Å². The van der Waals surface area contributed by atoms with Crippen LogP contribution in [0.4, 0.5) is 0 Å². The second-order valence-electron chi connectivity index (χ2n) is 13.3. The molecule has 0 fully saturated rings. The summed E-state index contributed by atoms with van der Waals surface area (Å²) in [4.78, 5) is 0. The maximum Gasteiger partial charge on any atom is 0.135 e. The molecular formula is C48H29NO. The van der Waals surface area contributed by atoms with E-state index < -0.39 is 0 Å². The minimum Gasteiger partial charge on any atom is -0.456 e. The van der Waals surface area contributed by atoms with Gasteiger partial charge in [0.2, 0.25) is 0 Å². The van der Waals surface area contributed by atoms with Gasteiger partial charge in [-0.05, 0) is 109 Å². The van der Waals surface area contributed by atoms with Gasteiger partial charge in [-0.15, -0.1) is 0 Å². The highest BCUT2D eigenvalue weighted by Crippen LogP contribution is 2.48. The highest BCUT2D eigenvalue weighted by atomic mass is 16.5. The van der Waals surface area contributed by atoms with Gasteiger partial charge in [-0.25, -0.2) is 0 Å². The molecule has 0 amide bonds. The van der Waals surface area contributed by atoms with Crippen LogP contribution in [-0.4, -0.2) is 4.57 Å². The molecule has 1 aliphatic rings. The molecule has 1 aromatic heterocycles. The molecule has 0 unspecified atom stereocenters. The Hall–Kier alpha value is -6.64. The van der Waals surface area contributed by atoms with E-state index in [0.717, 1.165) is 22.7 Å².